The van der Waals surface area contributed by atoms with Crippen LogP contribution < -0.4 is 0 Å². The molecule has 0 aromatic rings. The molecule has 0 saturated carbocycles. The van der Waals surface area contributed by atoms with E-state index in [0.717, 1.165) is 6.42 Å². The van der Waals surface area contributed by atoms with Crippen molar-refractivity contribution in [3.8, 4) is 0 Å². The molecule has 0 fully saturated rings. The fraction of sp³-hybridized carbons (Fsp3) is 1.00. The molecule has 0 N–H and O–H groups in total. The molecule has 2 nitrogen and oxygen atoms in total. The predicted octanol–water partition coefficient (Wildman–Crippen LogP) is 3.61. The number of halogens is 1. The number of nitrogens with zero attached hydrogens (tertiary/aromatic N) is 1. The molecular weight excluding hydrogens is 193 g/mol. The molecule has 0 saturated heterocycles. The lowest BCUT2D eigenvalue weighted by Crippen LogP contribution is -2.33. The minimum Gasteiger partial charge on any atom is -0.335 e. The van der Waals surface area contributed by atoms with E-state index in [4.69, 9.17) is 15.8 Å². The van der Waals surface area contributed by atoms with E-state index >= 15 is 0 Å². The van der Waals surface area contributed by atoms with Crippen LogP contribution in [-0.4, -0.2) is 23.9 Å². The first-order chi connectivity index (χ1) is 5.54. The van der Waals surface area contributed by atoms with E-state index in [-0.39, 0.29) is 0 Å². The van der Waals surface area contributed by atoms with Crippen molar-refractivity contribution in [1.29, 1.82) is 0 Å². The van der Waals surface area contributed by atoms with Gasteiger partial charge in [-0.1, -0.05) is 6.92 Å². The Kier molecular flexibility index (Phi) is 6.48. The minimum absolute atomic E-state index is 0.448. The summed E-state index contributed by atoms with van der Waals surface area (Å²) in [7, 11) is 0.742. The third kappa shape index (κ3) is 3.57. The number of rotatable bonds is 5. The Morgan fingerprint density at radius 3 is 2.17 bits per heavy atom. The Bertz CT molecular complexity index is 114. The highest BCUT2D eigenvalue weighted by Gasteiger charge is 2.23. The number of hydrogen-bond acceptors (Lipinski definition) is 2. The van der Waals surface area contributed by atoms with E-state index in [1.807, 2.05) is 0 Å². The monoisotopic (exact) mass is 211 g/mol. The molecule has 0 aromatic heterocycles. The van der Waals surface area contributed by atoms with Gasteiger partial charge in [0.05, 0.1) is 0 Å². The van der Waals surface area contributed by atoms with Gasteiger partial charge in [-0.2, -0.15) is 0 Å². The summed E-state index contributed by atoms with van der Waals surface area (Å²) in [5.41, 5.74) is 0. The van der Waals surface area contributed by atoms with Crippen LogP contribution in [0.5, 0.6) is 0 Å². The van der Waals surface area contributed by atoms with Gasteiger partial charge >= 0.3 is 0 Å². The molecule has 0 aliphatic rings. The predicted molar refractivity (Wildman–Crippen MR) is 56.5 cm³/mol. The van der Waals surface area contributed by atoms with Gasteiger partial charge in [0.15, 0.2) is 0 Å². The lowest BCUT2D eigenvalue weighted by atomic mass is 10.2. The zero-order chi connectivity index (χ0) is 9.72. The third-order valence-electron chi connectivity index (χ3n) is 1.90. The van der Waals surface area contributed by atoms with Crippen LogP contribution in [0, 0.1) is 0 Å². The maximum atomic E-state index is 6.07. The van der Waals surface area contributed by atoms with Gasteiger partial charge in [0, 0.05) is 19.2 Å². The SMILES string of the molecule is CCC(C)N(C(C)C)P(Cl)OC. The van der Waals surface area contributed by atoms with Crippen molar-refractivity contribution in [2.75, 3.05) is 7.11 Å². The molecule has 2 unspecified atom stereocenters. The van der Waals surface area contributed by atoms with Crippen LogP contribution in [0.2, 0.25) is 0 Å². The molecule has 0 spiro atoms. The first-order valence-corrected chi connectivity index (χ1v) is 6.44. The van der Waals surface area contributed by atoms with Gasteiger partial charge in [0.25, 0.3) is 0 Å². The smallest absolute Gasteiger partial charge is 0.206 e. The Balaban J connectivity index is 4.21. The maximum Gasteiger partial charge on any atom is 0.206 e. The highest BCUT2D eigenvalue weighted by molar-refractivity contribution is 7.78. The Labute approximate surface area is 81.9 Å². The fourth-order valence-electron chi connectivity index (χ4n) is 1.13. The van der Waals surface area contributed by atoms with Crippen molar-refractivity contribution in [2.45, 2.75) is 46.2 Å². The van der Waals surface area contributed by atoms with Gasteiger partial charge in [0.2, 0.25) is 7.65 Å². The van der Waals surface area contributed by atoms with Crippen molar-refractivity contribution in [3.63, 3.8) is 0 Å². The summed E-state index contributed by atoms with van der Waals surface area (Å²) in [6.07, 6.45) is 1.10. The molecule has 0 aliphatic heterocycles. The van der Waals surface area contributed by atoms with E-state index in [2.05, 4.69) is 32.4 Å². The summed E-state index contributed by atoms with van der Waals surface area (Å²) in [5, 5.41) is 0. The molecule has 0 bridgehead atoms. The maximum absolute atomic E-state index is 6.07. The van der Waals surface area contributed by atoms with Crippen LogP contribution in [0.3, 0.4) is 0 Å². The molecule has 0 rings (SSSR count). The van der Waals surface area contributed by atoms with Crippen LogP contribution in [0.15, 0.2) is 0 Å². The van der Waals surface area contributed by atoms with Gasteiger partial charge in [-0.15, -0.1) is 0 Å². The first kappa shape index (κ1) is 12.6. The van der Waals surface area contributed by atoms with Gasteiger partial charge in [0.1, 0.15) is 0 Å². The summed E-state index contributed by atoms with van der Waals surface area (Å²) < 4.78 is 7.37. The van der Waals surface area contributed by atoms with Crippen LogP contribution in [-0.2, 0) is 4.52 Å². The summed E-state index contributed by atoms with van der Waals surface area (Å²) in [5.74, 6) is 0. The zero-order valence-corrected chi connectivity index (χ0v) is 10.2. The van der Waals surface area contributed by atoms with Crippen LogP contribution in [0.4, 0.5) is 0 Å². The average molecular weight is 212 g/mol. The van der Waals surface area contributed by atoms with E-state index in [1.54, 1.807) is 7.11 Å². The molecule has 74 valence electrons. The van der Waals surface area contributed by atoms with Gasteiger partial charge < -0.3 is 4.52 Å². The summed E-state index contributed by atoms with van der Waals surface area (Å²) in [6.45, 7) is 8.62. The largest absolute Gasteiger partial charge is 0.335 e. The lowest BCUT2D eigenvalue weighted by Gasteiger charge is -2.33. The van der Waals surface area contributed by atoms with Crippen molar-refractivity contribution >= 4 is 18.9 Å². The highest BCUT2D eigenvalue weighted by Crippen LogP contribution is 2.48. The van der Waals surface area contributed by atoms with E-state index in [0.29, 0.717) is 12.1 Å². The normalized spacial score (nSPS) is 17.0. The molecule has 0 aromatic carbocycles. The quantitative estimate of drug-likeness (QED) is 0.645. The molecule has 0 radical (unpaired) electrons. The highest BCUT2D eigenvalue weighted by atomic mass is 35.7. The molecule has 0 aliphatic carbocycles. The van der Waals surface area contributed by atoms with Crippen LogP contribution in [0.1, 0.15) is 34.1 Å². The molecule has 12 heavy (non-hydrogen) atoms. The minimum atomic E-state index is -0.921. The fourth-order valence-corrected chi connectivity index (χ4v) is 3.12. The Hall–Kier alpha value is 0.640. The van der Waals surface area contributed by atoms with Crippen molar-refractivity contribution < 1.29 is 4.52 Å². The van der Waals surface area contributed by atoms with E-state index in [9.17, 15) is 0 Å². The summed E-state index contributed by atoms with van der Waals surface area (Å²) >= 11 is 6.07. The topological polar surface area (TPSA) is 12.5 Å². The molecule has 2 atom stereocenters. The second-order valence-corrected chi connectivity index (χ2v) is 5.29. The standard InChI is InChI=1S/C8H19ClNOP/c1-6-8(4)10(7(2)3)12(9)11-5/h7-8H,6H2,1-5H3. The molecule has 4 heteroatoms. The molecule has 0 amide bonds. The van der Waals surface area contributed by atoms with Crippen LogP contribution >= 0.6 is 18.9 Å². The molecule has 0 heterocycles. The third-order valence-corrected chi connectivity index (χ3v) is 4.36. The Morgan fingerprint density at radius 2 is 1.92 bits per heavy atom. The second kappa shape index (κ2) is 6.15. The van der Waals surface area contributed by atoms with Crippen molar-refractivity contribution in [2.24, 2.45) is 0 Å². The second-order valence-electron chi connectivity index (χ2n) is 3.14. The average Bonchev–Trinajstić information content (AvgIpc) is 2.03. The molecular formula is C8H19ClNOP. The zero-order valence-electron chi connectivity index (χ0n) is 8.54. The van der Waals surface area contributed by atoms with Gasteiger partial charge in [-0.05, 0) is 38.4 Å². The van der Waals surface area contributed by atoms with Gasteiger partial charge in [-0.3, -0.25) is 0 Å². The van der Waals surface area contributed by atoms with Crippen molar-refractivity contribution in [3.05, 3.63) is 0 Å². The number of hydrogen-bond donors (Lipinski definition) is 0. The first-order valence-electron chi connectivity index (χ1n) is 4.32. The summed E-state index contributed by atoms with van der Waals surface area (Å²) in [4.78, 5) is 0. The lowest BCUT2D eigenvalue weighted by molar-refractivity contribution is 0.269. The summed E-state index contributed by atoms with van der Waals surface area (Å²) in [6, 6.07) is 0.942. The van der Waals surface area contributed by atoms with Gasteiger partial charge in [-0.25, -0.2) is 4.67 Å². The Morgan fingerprint density at radius 1 is 1.42 bits per heavy atom. The van der Waals surface area contributed by atoms with E-state index in [1.165, 1.54) is 0 Å². The van der Waals surface area contributed by atoms with Crippen molar-refractivity contribution in [1.82, 2.24) is 4.67 Å². The van der Waals surface area contributed by atoms with Crippen LogP contribution in [0.25, 0.3) is 0 Å². The van der Waals surface area contributed by atoms with E-state index < -0.39 is 7.65 Å².